The van der Waals surface area contributed by atoms with Crippen LogP contribution < -0.4 is 10.1 Å². The molecule has 5 nitrogen and oxygen atoms in total. The molecule has 1 aromatic carbocycles. The summed E-state index contributed by atoms with van der Waals surface area (Å²) in [5.74, 6) is 0.931. The van der Waals surface area contributed by atoms with Crippen LogP contribution >= 0.6 is 0 Å². The molecule has 1 heterocycles. The summed E-state index contributed by atoms with van der Waals surface area (Å²) >= 11 is 0. The molecule has 0 radical (unpaired) electrons. The highest BCUT2D eigenvalue weighted by molar-refractivity contribution is 5.36. The second kappa shape index (κ2) is 6.42. The van der Waals surface area contributed by atoms with E-state index in [9.17, 15) is 8.78 Å². The third-order valence-electron chi connectivity index (χ3n) is 3.05. The van der Waals surface area contributed by atoms with E-state index in [0.29, 0.717) is 12.0 Å². The summed E-state index contributed by atoms with van der Waals surface area (Å²) < 4.78 is 31.1. The Morgan fingerprint density at radius 2 is 2.10 bits per heavy atom. The summed E-state index contributed by atoms with van der Waals surface area (Å²) in [6.45, 7) is -2.84. The molecule has 1 unspecified atom stereocenters. The molecule has 0 aliphatic rings. The van der Waals surface area contributed by atoms with Crippen LogP contribution in [0, 0.1) is 0 Å². The van der Waals surface area contributed by atoms with Crippen LogP contribution in [0.3, 0.4) is 0 Å². The zero-order valence-corrected chi connectivity index (χ0v) is 11.3. The molecule has 7 heteroatoms. The van der Waals surface area contributed by atoms with Gasteiger partial charge in [0, 0.05) is 25.1 Å². The zero-order chi connectivity index (χ0) is 14.5. The lowest BCUT2D eigenvalue weighted by Crippen LogP contribution is -2.22. The van der Waals surface area contributed by atoms with E-state index in [2.05, 4.69) is 20.1 Å². The molecule has 0 bridgehead atoms. The van der Waals surface area contributed by atoms with Crippen LogP contribution in [-0.4, -0.2) is 28.4 Å². The van der Waals surface area contributed by atoms with Gasteiger partial charge < -0.3 is 10.1 Å². The predicted molar refractivity (Wildman–Crippen MR) is 69.6 cm³/mol. The molecule has 0 saturated carbocycles. The van der Waals surface area contributed by atoms with Gasteiger partial charge in [0.2, 0.25) is 0 Å². The number of aryl methyl sites for hydroxylation is 1. The average molecular weight is 282 g/mol. The van der Waals surface area contributed by atoms with E-state index in [4.69, 9.17) is 0 Å². The summed E-state index contributed by atoms with van der Waals surface area (Å²) in [6.07, 6.45) is 1.99. The molecular weight excluding hydrogens is 266 g/mol. The van der Waals surface area contributed by atoms with Crippen LogP contribution in [-0.2, 0) is 13.5 Å². The van der Waals surface area contributed by atoms with Crippen molar-refractivity contribution in [2.75, 3.05) is 7.05 Å². The first-order valence-corrected chi connectivity index (χ1v) is 6.15. The van der Waals surface area contributed by atoms with Crippen LogP contribution in [0.2, 0.25) is 0 Å². The Morgan fingerprint density at radius 1 is 1.35 bits per heavy atom. The largest absolute Gasteiger partial charge is 0.434 e. The first kappa shape index (κ1) is 14.4. The number of para-hydroxylation sites is 1. The molecule has 0 spiro atoms. The van der Waals surface area contributed by atoms with Gasteiger partial charge in [0.15, 0.2) is 0 Å². The minimum Gasteiger partial charge on any atom is -0.434 e. The average Bonchev–Trinajstić information content (AvgIpc) is 2.82. The molecule has 0 saturated heterocycles. The SMILES string of the molecule is CNC(Cc1ncnn1C)c1ccccc1OC(F)F. The molecule has 2 rings (SSSR count). The Balaban J connectivity index is 2.25. The van der Waals surface area contributed by atoms with Gasteiger partial charge in [-0.3, -0.25) is 4.68 Å². The maximum absolute atomic E-state index is 12.4. The third kappa shape index (κ3) is 3.30. The molecule has 1 atom stereocenters. The minimum atomic E-state index is -2.84. The molecule has 0 amide bonds. The minimum absolute atomic E-state index is 0.170. The second-order valence-electron chi connectivity index (χ2n) is 4.26. The number of benzene rings is 1. The quantitative estimate of drug-likeness (QED) is 0.879. The van der Waals surface area contributed by atoms with Crippen molar-refractivity contribution in [3.63, 3.8) is 0 Å². The maximum Gasteiger partial charge on any atom is 0.387 e. The van der Waals surface area contributed by atoms with Crippen molar-refractivity contribution in [3.8, 4) is 5.75 Å². The Labute approximate surface area is 115 Å². The van der Waals surface area contributed by atoms with Gasteiger partial charge in [0.25, 0.3) is 0 Å². The normalized spacial score (nSPS) is 12.7. The number of halogens is 2. The topological polar surface area (TPSA) is 52.0 Å². The lowest BCUT2D eigenvalue weighted by Gasteiger charge is -2.19. The van der Waals surface area contributed by atoms with Crippen molar-refractivity contribution >= 4 is 0 Å². The summed E-state index contributed by atoms with van der Waals surface area (Å²) in [5.41, 5.74) is 0.665. The van der Waals surface area contributed by atoms with Crippen molar-refractivity contribution in [1.82, 2.24) is 20.1 Å². The van der Waals surface area contributed by atoms with Crippen LogP contribution in [0.1, 0.15) is 17.4 Å². The summed E-state index contributed by atoms with van der Waals surface area (Å²) in [5, 5.41) is 7.09. The number of hydrogen-bond donors (Lipinski definition) is 1. The number of ether oxygens (including phenoxy) is 1. The monoisotopic (exact) mass is 282 g/mol. The van der Waals surface area contributed by atoms with Gasteiger partial charge in [-0.05, 0) is 13.1 Å². The molecule has 1 aromatic heterocycles. The Morgan fingerprint density at radius 3 is 2.70 bits per heavy atom. The van der Waals surface area contributed by atoms with Crippen molar-refractivity contribution in [2.24, 2.45) is 7.05 Å². The Hall–Kier alpha value is -2.02. The van der Waals surface area contributed by atoms with E-state index in [1.165, 1.54) is 12.4 Å². The van der Waals surface area contributed by atoms with E-state index >= 15 is 0 Å². The lowest BCUT2D eigenvalue weighted by molar-refractivity contribution is -0.0507. The van der Waals surface area contributed by atoms with Gasteiger partial charge in [-0.15, -0.1) is 0 Å². The van der Waals surface area contributed by atoms with E-state index in [1.54, 1.807) is 37.0 Å². The van der Waals surface area contributed by atoms with Crippen LogP contribution in [0.5, 0.6) is 5.75 Å². The van der Waals surface area contributed by atoms with Gasteiger partial charge in [0.05, 0.1) is 0 Å². The first-order chi connectivity index (χ1) is 9.61. The van der Waals surface area contributed by atoms with Crippen molar-refractivity contribution in [3.05, 3.63) is 42.0 Å². The Kier molecular flexibility index (Phi) is 4.62. The number of nitrogens with one attached hydrogen (secondary N) is 1. The van der Waals surface area contributed by atoms with E-state index in [-0.39, 0.29) is 11.8 Å². The molecule has 0 fully saturated rings. The van der Waals surface area contributed by atoms with Gasteiger partial charge in [-0.25, -0.2) is 4.98 Å². The van der Waals surface area contributed by atoms with Gasteiger partial charge in [-0.2, -0.15) is 13.9 Å². The van der Waals surface area contributed by atoms with Crippen molar-refractivity contribution in [2.45, 2.75) is 19.1 Å². The summed E-state index contributed by atoms with van der Waals surface area (Å²) in [6, 6.07) is 6.55. The zero-order valence-electron chi connectivity index (χ0n) is 11.3. The molecule has 1 N–H and O–H groups in total. The highest BCUT2D eigenvalue weighted by atomic mass is 19.3. The standard InChI is InChI=1S/C13H16F2N4O/c1-16-10(7-12-17-8-18-19(12)2)9-5-3-4-6-11(9)20-13(14)15/h3-6,8,10,13,16H,7H2,1-2H3. The highest BCUT2D eigenvalue weighted by Gasteiger charge is 2.18. The molecule has 108 valence electrons. The van der Waals surface area contributed by atoms with E-state index in [0.717, 1.165) is 5.82 Å². The fraction of sp³-hybridized carbons (Fsp3) is 0.385. The smallest absolute Gasteiger partial charge is 0.387 e. The Bertz CT molecular complexity index is 559. The third-order valence-corrected chi connectivity index (χ3v) is 3.05. The van der Waals surface area contributed by atoms with Crippen LogP contribution in [0.15, 0.2) is 30.6 Å². The van der Waals surface area contributed by atoms with Gasteiger partial charge in [0.1, 0.15) is 17.9 Å². The highest BCUT2D eigenvalue weighted by Crippen LogP contribution is 2.28. The molecular formula is C13H16F2N4O. The van der Waals surface area contributed by atoms with Crippen LogP contribution in [0.25, 0.3) is 0 Å². The van der Waals surface area contributed by atoms with Gasteiger partial charge in [-0.1, -0.05) is 18.2 Å². The van der Waals surface area contributed by atoms with Crippen LogP contribution in [0.4, 0.5) is 8.78 Å². The van der Waals surface area contributed by atoms with Crippen molar-refractivity contribution < 1.29 is 13.5 Å². The number of likely N-dealkylation sites (N-methyl/N-ethyl adjacent to an activating group) is 1. The van der Waals surface area contributed by atoms with E-state index < -0.39 is 6.61 Å². The molecule has 20 heavy (non-hydrogen) atoms. The number of aromatic nitrogens is 3. The molecule has 0 aliphatic carbocycles. The summed E-state index contributed by atoms with van der Waals surface area (Å²) in [7, 11) is 3.55. The second-order valence-corrected chi connectivity index (χ2v) is 4.26. The number of alkyl halides is 2. The molecule has 2 aromatic rings. The number of hydrogen-bond acceptors (Lipinski definition) is 4. The van der Waals surface area contributed by atoms with E-state index in [1.807, 2.05) is 0 Å². The fourth-order valence-electron chi connectivity index (χ4n) is 2.03. The molecule has 0 aliphatic heterocycles. The first-order valence-electron chi connectivity index (χ1n) is 6.15. The number of nitrogens with zero attached hydrogens (tertiary/aromatic N) is 3. The van der Waals surface area contributed by atoms with Crippen molar-refractivity contribution in [1.29, 1.82) is 0 Å². The maximum atomic E-state index is 12.4. The van der Waals surface area contributed by atoms with Gasteiger partial charge >= 0.3 is 6.61 Å². The fourth-order valence-corrected chi connectivity index (χ4v) is 2.03. The lowest BCUT2D eigenvalue weighted by atomic mass is 10.0. The predicted octanol–water partition coefficient (Wildman–Crippen LogP) is 1.92. The number of rotatable bonds is 6. The summed E-state index contributed by atoms with van der Waals surface area (Å²) in [4.78, 5) is 4.14.